The number of phosphoric ester groups is 1. The molecule has 29 heavy (non-hydrogen) atoms. The predicted octanol–water partition coefficient (Wildman–Crippen LogP) is 1.52. The van der Waals surface area contributed by atoms with Crippen LogP contribution in [0.15, 0.2) is 24.6 Å². The molecule has 0 aromatic heterocycles. The Hall–Kier alpha value is -0.880. The molecule has 2 aliphatic heterocycles. The number of hydrogen-bond acceptors (Lipinski definition) is 8. The lowest BCUT2D eigenvalue weighted by Gasteiger charge is -2.35. The largest absolute Gasteiger partial charge is 0.490 e. The van der Waals surface area contributed by atoms with Crippen molar-refractivity contribution in [2.24, 2.45) is 5.41 Å². The minimum atomic E-state index is -5.59. The molecule has 0 spiro atoms. The highest BCUT2D eigenvalue weighted by atomic mass is 31.3. The number of ether oxygens (including phenoxy) is 1. The van der Waals surface area contributed by atoms with E-state index in [4.69, 9.17) is 19.4 Å². The van der Waals surface area contributed by atoms with Crippen LogP contribution in [0.2, 0.25) is 0 Å². The van der Waals surface area contributed by atoms with Crippen LogP contribution in [0.5, 0.6) is 0 Å². The van der Waals surface area contributed by atoms with Crippen molar-refractivity contribution in [1.29, 1.82) is 0 Å². The number of nitrogens with zero attached hydrogens (tertiary/aromatic N) is 1. The van der Waals surface area contributed by atoms with Crippen LogP contribution in [-0.4, -0.2) is 49.4 Å². The van der Waals surface area contributed by atoms with Crippen molar-refractivity contribution in [3.05, 3.63) is 24.6 Å². The predicted molar refractivity (Wildman–Crippen MR) is 95.5 cm³/mol. The highest BCUT2D eigenvalue weighted by molar-refractivity contribution is 7.66. The molecule has 166 valence electrons. The summed E-state index contributed by atoms with van der Waals surface area (Å²) in [6.07, 6.45) is 1.72. The van der Waals surface area contributed by atoms with E-state index in [2.05, 4.69) is 25.0 Å². The van der Waals surface area contributed by atoms with Gasteiger partial charge in [0.15, 0.2) is 0 Å². The number of nitrogens with one attached hydrogen (secondary N) is 1. The van der Waals surface area contributed by atoms with Crippen molar-refractivity contribution in [1.82, 2.24) is 10.2 Å². The van der Waals surface area contributed by atoms with Gasteiger partial charge in [-0.15, -0.1) is 0 Å². The Balaban J connectivity index is 1.99. The van der Waals surface area contributed by atoms with Crippen LogP contribution in [0, 0.1) is 5.41 Å². The van der Waals surface area contributed by atoms with Crippen molar-refractivity contribution in [3.8, 4) is 0 Å². The van der Waals surface area contributed by atoms with Gasteiger partial charge in [-0.05, 0) is 12.5 Å². The van der Waals surface area contributed by atoms with Gasteiger partial charge >= 0.3 is 29.5 Å². The van der Waals surface area contributed by atoms with Crippen molar-refractivity contribution in [2.45, 2.75) is 32.6 Å². The third-order valence-corrected chi connectivity index (χ3v) is 7.58. The number of urea groups is 1. The molecule has 5 N–H and O–H groups in total. The number of carbonyl (C=O) groups excluding carboxylic acids is 1. The lowest BCUT2D eigenvalue weighted by molar-refractivity contribution is -0.0605. The van der Waals surface area contributed by atoms with Gasteiger partial charge in [-0.1, -0.05) is 20.4 Å². The summed E-state index contributed by atoms with van der Waals surface area (Å²) in [6.45, 7) is 6.59. The maximum absolute atomic E-state index is 12.1. The van der Waals surface area contributed by atoms with Gasteiger partial charge in [0.25, 0.3) is 0 Å². The molecule has 2 amide bonds. The minimum absolute atomic E-state index is 0.270. The van der Waals surface area contributed by atoms with E-state index >= 15 is 0 Å². The van der Waals surface area contributed by atoms with Crippen LogP contribution in [0.3, 0.4) is 0 Å². The van der Waals surface area contributed by atoms with Crippen molar-refractivity contribution < 1.29 is 55.9 Å². The summed E-state index contributed by atoms with van der Waals surface area (Å²) in [6, 6.07) is -0.482. The molecule has 4 unspecified atom stereocenters. The average molecular weight is 478 g/mol. The van der Waals surface area contributed by atoms with E-state index in [1.54, 1.807) is 19.9 Å². The van der Waals surface area contributed by atoms with Crippen molar-refractivity contribution >= 4 is 29.5 Å². The molecule has 17 heteroatoms. The van der Waals surface area contributed by atoms with Gasteiger partial charge in [0.1, 0.15) is 6.23 Å². The van der Waals surface area contributed by atoms with Crippen LogP contribution >= 0.6 is 23.5 Å². The first-order chi connectivity index (χ1) is 13.0. The number of hydrogen-bond donors (Lipinski definition) is 5. The molecule has 0 aromatic carbocycles. The zero-order valence-corrected chi connectivity index (χ0v) is 18.0. The Kier molecular flexibility index (Phi) is 7.01. The molecule has 2 rings (SSSR count). The van der Waals surface area contributed by atoms with Gasteiger partial charge in [0.05, 0.1) is 12.7 Å². The molecular weight excluding hydrogens is 457 g/mol. The molecule has 2 aliphatic rings. The fourth-order valence-corrected chi connectivity index (χ4v) is 5.84. The summed E-state index contributed by atoms with van der Waals surface area (Å²) in [5.41, 5.74) is -0.212. The maximum atomic E-state index is 12.1. The molecule has 0 aliphatic carbocycles. The maximum Gasteiger partial charge on any atom is 0.490 e. The van der Waals surface area contributed by atoms with Gasteiger partial charge in [-0.3, -0.25) is 9.42 Å². The highest BCUT2D eigenvalue weighted by Gasteiger charge is 2.48. The van der Waals surface area contributed by atoms with Crippen LogP contribution in [0.4, 0.5) is 4.79 Å². The molecule has 0 saturated carbocycles. The average Bonchev–Trinajstić information content (AvgIpc) is 2.76. The van der Waals surface area contributed by atoms with Gasteiger partial charge in [0, 0.05) is 17.3 Å². The van der Waals surface area contributed by atoms with E-state index in [0.717, 1.165) is 0 Å². The summed E-state index contributed by atoms with van der Waals surface area (Å²) < 4.78 is 51.3. The Bertz CT molecular complexity index is 851. The van der Waals surface area contributed by atoms with Crippen LogP contribution in [0.25, 0.3) is 0 Å². The third kappa shape index (κ3) is 7.09. The van der Waals surface area contributed by atoms with Crippen LogP contribution < -0.4 is 5.32 Å². The smallest absolute Gasteiger partial charge is 0.352 e. The Morgan fingerprint density at radius 2 is 1.86 bits per heavy atom. The van der Waals surface area contributed by atoms with E-state index in [1.807, 2.05) is 0 Å². The summed E-state index contributed by atoms with van der Waals surface area (Å²) in [5.74, 6) is 0. The number of phosphoric acid groups is 3. The summed E-state index contributed by atoms with van der Waals surface area (Å²) in [5, 5.41) is 2.51. The second-order valence-electron chi connectivity index (χ2n) is 6.87. The molecule has 0 bridgehead atoms. The number of amides is 2. The lowest BCUT2D eigenvalue weighted by atomic mass is 9.87. The molecule has 4 atom stereocenters. The number of allylic oxidation sites excluding steroid dienone is 1. The minimum Gasteiger partial charge on any atom is -0.352 e. The monoisotopic (exact) mass is 478 g/mol. The van der Waals surface area contributed by atoms with Crippen LogP contribution in [-0.2, 0) is 31.6 Å². The molecule has 0 radical (unpaired) electrons. The van der Waals surface area contributed by atoms with Crippen molar-refractivity contribution in [3.63, 3.8) is 0 Å². The van der Waals surface area contributed by atoms with E-state index in [1.165, 1.54) is 11.1 Å². The molecule has 1 fully saturated rings. The quantitative estimate of drug-likeness (QED) is 0.315. The SMILES string of the molecule is C=C1C=CN(C2OC(COP(=O)(O)OP(=O)(O)OP(=O)(O)O)CC2(C)C)C(=O)N1. The molecule has 0 aromatic rings. The molecule has 1 saturated heterocycles. The first-order valence-electron chi connectivity index (χ1n) is 7.90. The first kappa shape index (κ1) is 24.4. The van der Waals surface area contributed by atoms with Crippen molar-refractivity contribution in [2.75, 3.05) is 6.61 Å². The standard InChI is InChI=1S/C12H21N2O12P3/c1-8-4-5-14(11(15)13-8)10-12(2,3)6-9(24-10)7-23-28(19,20)26-29(21,22)25-27(16,17)18/h4-5,9-10H,1,6-7H2,2-3H3,(H,13,15)(H,19,20)(H,21,22)(H2,16,17,18). The number of rotatable bonds is 8. The fraction of sp³-hybridized carbons (Fsp3) is 0.583. The summed E-state index contributed by atoms with van der Waals surface area (Å²) in [4.78, 5) is 49.0. The Morgan fingerprint density at radius 1 is 1.24 bits per heavy atom. The lowest BCUT2D eigenvalue weighted by Crippen LogP contribution is -2.49. The van der Waals surface area contributed by atoms with Gasteiger partial charge in [0.2, 0.25) is 0 Å². The second kappa shape index (κ2) is 8.33. The highest BCUT2D eigenvalue weighted by Crippen LogP contribution is 2.66. The molecular formula is C12H21N2O12P3. The second-order valence-corrected chi connectivity index (χ2v) is 11.3. The molecule has 2 heterocycles. The summed E-state index contributed by atoms with van der Waals surface area (Å²) in [7, 11) is -16.3. The third-order valence-electron chi connectivity index (χ3n) is 3.77. The molecule has 14 nitrogen and oxygen atoms in total. The van der Waals surface area contributed by atoms with Crippen LogP contribution in [0.1, 0.15) is 20.3 Å². The first-order valence-corrected chi connectivity index (χ1v) is 12.4. The zero-order valence-electron chi connectivity index (χ0n) is 15.3. The van der Waals surface area contributed by atoms with E-state index in [-0.39, 0.29) is 6.42 Å². The van der Waals surface area contributed by atoms with Gasteiger partial charge in [-0.2, -0.15) is 8.62 Å². The van der Waals surface area contributed by atoms with Gasteiger partial charge < -0.3 is 29.6 Å². The fourth-order valence-electron chi connectivity index (χ4n) is 2.79. The van der Waals surface area contributed by atoms with E-state index in [9.17, 15) is 23.4 Å². The van der Waals surface area contributed by atoms with Gasteiger partial charge in [-0.25, -0.2) is 18.5 Å². The number of carbonyl (C=O) groups is 1. The topological polar surface area (TPSA) is 201 Å². The Labute approximate surface area is 165 Å². The summed E-state index contributed by atoms with van der Waals surface area (Å²) >= 11 is 0. The zero-order chi connectivity index (χ0) is 22.3. The van der Waals surface area contributed by atoms with E-state index in [0.29, 0.717) is 5.70 Å². The normalized spacial score (nSPS) is 28.7. The Morgan fingerprint density at radius 3 is 2.41 bits per heavy atom. The van der Waals surface area contributed by atoms with E-state index < -0.39 is 53.9 Å².